The molecule has 0 aliphatic heterocycles. The number of halogens is 1. The zero-order chi connectivity index (χ0) is 26.4. The molecule has 3 N–H and O–H groups in total. The highest BCUT2D eigenvalue weighted by molar-refractivity contribution is 9.10. The van der Waals surface area contributed by atoms with Gasteiger partial charge in [0.15, 0.2) is 0 Å². The molecule has 2 amide bonds. The Morgan fingerprint density at radius 2 is 1.81 bits per heavy atom. The first kappa shape index (κ1) is 25.6. The molecule has 0 spiro atoms. The number of amides is 2. The summed E-state index contributed by atoms with van der Waals surface area (Å²) in [6.07, 6.45) is 3.08. The highest BCUT2D eigenvalue weighted by Gasteiger charge is 2.18. The SMILES string of the molecule is COC(=O)C(=Cc1cnc2ccccc2c1)NC(=O)c1ccc(C(=O)NCc2cccc(O)c2)cc1Br. The van der Waals surface area contributed by atoms with Gasteiger partial charge >= 0.3 is 5.97 Å². The zero-order valence-corrected chi connectivity index (χ0v) is 21.3. The summed E-state index contributed by atoms with van der Waals surface area (Å²) in [6, 6.07) is 20.5. The molecular formula is C28H22BrN3O5. The summed E-state index contributed by atoms with van der Waals surface area (Å²) in [7, 11) is 1.22. The van der Waals surface area contributed by atoms with E-state index in [1.165, 1.54) is 31.4 Å². The van der Waals surface area contributed by atoms with Crippen molar-refractivity contribution in [2.75, 3.05) is 7.11 Å². The van der Waals surface area contributed by atoms with E-state index in [2.05, 4.69) is 31.5 Å². The van der Waals surface area contributed by atoms with Crippen molar-refractivity contribution in [1.29, 1.82) is 0 Å². The summed E-state index contributed by atoms with van der Waals surface area (Å²) < 4.78 is 5.20. The van der Waals surface area contributed by atoms with Crippen molar-refractivity contribution >= 4 is 50.7 Å². The lowest BCUT2D eigenvalue weighted by molar-refractivity contribution is -0.136. The first-order chi connectivity index (χ1) is 17.8. The van der Waals surface area contributed by atoms with Gasteiger partial charge < -0.3 is 20.5 Å². The van der Waals surface area contributed by atoms with Gasteiger partial charge in [0.1, 0.15) is 11.4 Å². The number of hydrogen-bond acceptors (Lipinski definition) is 6. The zero-order valence-electron chi connectivity index (χ0n) is 19.7. The van der Waals surface area contributed by atoms with Crippen LogP contribution in [-0.4, -0.2) is 35.0 Å². The monoisotopic (exact) mass is 559 g/mol. The predicted molar refractivity (Wildman–Crippen MR) is 143 cm³/mol. The number of methoxy groups -OCH3 is 1. The van der Waals surface area contributed by atoms with Crippen LogP contribution in [0.1, 0.15) is 31.8 Å². The molecule has 3 aromatic carbocycles. The maximum absolute atomic E-state index is 13.0. The van der Waals surface area contributed by atoms with E-state index < -0.39 is 11.9 Å². The van der Waals surface area contributed by atoms with Crippen LogP contribution in [0, 0.1) is 0 Å². The van der Waals surface area contributed by atoms with Gasteiger partial charge in [0.2, 0.25) is 0 Å². The quantitative estimate of drug-likeness (QED) is 0.225. The van der Waals surface area contributed by atoms with Crippen LogP contribution < -0.4 is 10.6 Å². The second-order valence-corrected chi connectivity index (χ2v) is 8.87. The van der Waals surface area contributed by atoms with Crippen LogP contribution in [0.25, 0.3) is 17.0 Å². The van der Waals surface area contributed by atoms with Gasteiger partial charge in [-0.3, -0.25) is 14.6 Å². The van der Waals surface area contributed by atoms with Gasteiger partial charge in [0.05, 0.1) is 18.2 Å². The Morgan fingerprint density at radius 3 is 2.57 bits per heavy atom. The third kappa shape index (κ3) is 6.39. The van der Waals surface area contributed by atoms with Crippen LogP contribution in [0.3, 0.4) is 0 Å². The average Bonchev–Trinajstić information content (AvgIpc) is 2.90. The van der Waals surface area contributed by atoms with E-state index in [0.29, 0.717) is 15.6 Å². The molecule has 0 saturated carbocycles. The van der Waals surface area contributed by atoms with Crippen molar-refractivity contribution in [2.24, 2.45) is 0 Å². The van der Waals surface area contributed by atoms with E-state index in [1.54, 1.807) is 30.5 Å². The van der Waals surface area contributed by atoms with Crippen molar-refractivity contribution in [3.05, 3.63) is 111 Å². The molecule has 1 aromatic heterocycles. The van der Waals surface area contributed by atoms with Gasteiger partial charge in [-0.2, -0.15) is 0 Å². The van der Waals surface area contributed by atoms with E-state index in [-0.39, 0.29) is 29.5 Å². The van der Waals surface area contributed by atoms with Gasteiger partial charge in [-0.25, -0.2) is 4.79 Å². The number of hydrogen-bond donors (Lipinski definition) is 3. The van der Waals surface area contributed by atoms with Gasteiger partial charge in [0.25, 0.3) is 11.8 Å². The van der Waals surface area contributed by atoms with Crippen molar-refractivity contribution in [3.8, 4) is 5.75 Å². The largest absolute Gasteiger partial charge is 0.508 e. The lowest BCUT2D eigenvalue weighted by Crippen LogP contribution is -2.28. The van der Waals surface area contributed by atoms with Crippen LogP contribution in [0.2, 0.25) is 0 Å². The maximum atomic E-state index is 13.0. The van der Waals surface area contributed by atoms with Crippen molar-refractivity contribution < 1.29 is 24.2 Å². The second-order valence-electron chi connectivity index (χ2n) is 8.01. The molecule has 186 valence electrons. The number of ether oxygens (including phenoxy) is 1. The normalized spacial score (nSPS) is 11.1. The Hall–Kier alpha value is -4.50. The summed E-state index contributed by atoms with van der Waals surface area (Å²) in [6.45, 7) is 0.226. The second kappa shape index (κ2) is 11.5. The third-order valence-corrected chi connectivity index (χ3v) is 6.07. The number of fused-ring (bicyclic) bond motifs is 1. The Balaban J connectivity index is 1.50. The molecule has 8 nitrogen and oxygen atoms in total. The molecule has 4 rings (SSSR count). The number of para-hydroxylation sites is 1. The summed E-state index contributed by atoms with van der Waals surface area (Å²) in [4.78, 5) is 42.3. The number of carbonyl (C=O) groups excluding carboxylic acids is 3. The maximum Gasteiger partial charge on any atom is 0.354 e. The molecule has 0 saturated heterocycles. The summed E-state index contributed by atoms with van der Waals surface area (Å²) in [5.74, 6) is -1.53. The number of aromatic nitrogens is 1. The van der Waals surface area contributed by atoms with Crippen molar-refractivity contribution in [3.63, 3.8) is 0 Å². The van der Waals surface area contributed by atoms with Gasteiger partial charge in [0, 0.05) is 28.2 Å². The Kier molecular flexibility index (Phi) is 7.95. The number of pyridine rings is 1. The number of nitrogens with zero attached hydrogens (tertiary/aromatic N) is 1. The van der Waals surface area contributed by atoms with Gasteiger partial charge in [-0.1, -0.05) is 30.3 Å². The minimum atomic E-state index is -0.722. The number of phenolic OH excluding ortho intramolecular Hbond substituents is 1. The molecule has 37 heavy (non-hydrogen) atoms. The third-order valence-electron chi connectivity index (χ3n) is 5.42. The number of rotatable bonds is 7. The number of esters is 1. The van der Waals surface area contributed by atoms with E-state index in [1.807, 2.05) is 30.3 Å². The summed E-state index contributed by atoms with van der Waals surface area (Å²) in [5.41, 5.74) is 2.64. The Bertz CT molecular complexity index is 1530. The van der Waals surface area contributed by atoms with Crippen molar-refractivity contribution in [1.82, 2.24) is 15.6 Å². The first-order valence-corrected chi connectivity index (χ1v) is 11.9. The van der Waals surface area contributed by atoms with E-state index in [4.69, 9.17) is 4.74 Å². The molecule has 9 heteroatoms. The topological polar surface area (TPSA) is 118 Å². The number of nitrogens with one attached hydrogen (secondary N) is 2. The lowest BCUT2D eigenvalue weighted by Gasteiger charge is -2.11. The lowest BCUT2D eigenvalue weighted by atomic mass is 10.1. The van der Waals surface area contributed by atoms with Gasteiger partial charge in [-0.15, -0.1) is 0 Å². The number of carbonyl (C=O) groups is 3. The number of phenols is 1. The molecule has 0 atom stereocenters. The van der Waals surface area contributed by atoms with Crippen LogP contribution >= 0.6 is 15.9 Å². The molecule has 0 unspecified atom stereocenters. The van der Waals surface area contributed by atoms with Crippen LogP contribution in [0.5, 0.6) is 5.75 Å². The molecular weight excluding hydrogens is 538 g/mol. The minimum Gasteiger partial charge on any atom is -0.508 e. The molecule has 4 aromatic rings. The first-order valence-electron chi connectivity index (χ1n) is 11.2. The Morgan fingerprint density at radius 1 is 1.00 bits per heavy atom. The average molecular weight is 560 g/mol. The standard InChI is InChI=1S/C28H22BrN3O5/c1-37-28(36)25(13-18-11-19-6-2-3-8-24(19)30-16-18)32-27(35)22-10-9-20(14-23(22)29)26(34)31-15-17-5-4-7-21(33)12-17/h2-14,16,33H,15H2,1H3,(H,31,34)(H,32,35). The van der Waals surface area contributed by atoms with E-state index in [0.717, 1.165) is 16.5 Å². The number of benzene rings is 3. The molecule has 0 bridgehead atoms. The smallest absolute Gasteiger partial charge is 0.354 e. The fraction of sp³-hybridized carbons (Fsp3) is 0.0714. The fourth-order valence-electron chi connectivity index (χ4n) is 3.57. The number of aromatic hydroxyl groups is 1. The van der Waals surface area contributed by atoms with Crippen LogP contribution in [0.15, 0.2) is 89.2 Å². The summed E-state index contributed by atoms with van der Waals surface area (Å²) in [5, 5.41) is 15.8. The minimum absolute atomic E-state index is 0.0654. The van der Waals surface area contributed by atoms with Crippen LogP contribution in [-0.2, 0) is 16.1 Å². The van der Waals surface area contributed by atoms with Crippen LogP contribution in [0.4, 0.5) is 0 Å². The summed E-state index contributed by atoms with van der Waals surface area (Å²) >= 11 is 3.34. The molecule has 0 aliphatic rings. The Labute approximate surface area is 221 Å². The van der Waals surface area contributed by atoms with Gasteiger partial charge in [-0.05, 0) is 75.6 Å². The highest BCUT2D eigenvalue weighted by Crippen LogP contribution is 2.20. The van der Waals surface area contributed by atoms with E-state index >= 15 is 0 Å². The molecule has 0 aliphatic carbocycles. The predicted octanol–water partition coefficient (Wildman–Crippen LogP) is 4.58. The van der Waals surface area contributed by atoms with Crippen molar-refractivity contribution in [2.45, 2.75) is 6.54 Å². The van der Waals surface area contributed by atoms with E-state index in [9.17, 15) is 19.5 Å². The fourth-order valence-corrected chi connectivity index (χ4v) is 4.13. The molecule has 0 radical (unpaired) electrons. The molecule has 0 fully saturated rings. The molecule has 1 heterocycles. The highest BCUT2D eigenvalue weighted by atomic mass is 79.9.